The van der Waals surface area contributed by atoms with Gasteiger partial charge in [-0.05, 0) is 25.0 Å². The Bertz CT molecular complexity index is 1830. The first-order valence-electron chi connectivity index (χ1n) is 13.2. The topological polar surface area (TPSA) is 323 Å². The van der Waals surface area contributed by atoms with Gasteiger partial charge in [-0.15, -0.1) is 0 Å². The van der Waals surface area contributed by atoms with Crippen LogP contribution in [-0.4, -0.2) is 64.5 Å². The molecule has 24 heteroatoms. The van der Waals surface area contributed by atoms with E-state index in [1.165, 1.54) is 25.1 Å². The highest BCUT2D eigenvalue weighted by atomic mass is 31.3. The number of benzene rings is 1. The molecular weight excluding hydrogens is 697 g/mol. The highest BCUT2D eigenvalue weighted by Gasteiger charge is 2.47. The molecule has 0 aliphatic carbocycles. The molecule has 0 amide bonds. The SMILES string of the molecule is CC(C)[C@@H](Oc1cn([C@@]2(C)C[C@H](O)[C@@H](COP(=O)(O)OP(=O)(O)OP(=O)(O)O)O2)c(=O)[nH]c1=O)c1ccc(C#CCN)cc1[N+](=O)[O-]. The molecule has 2 aromatic rings. The van der Waals surface area contributed by atoms with E-state index in [1.807, 2.05) is 4.98 Å². The van der Waals surface area contributed by atoms with E-state index in [9.17, 15) is 48.3 Å². The lowest BCUT2D eigenvalue weighted by Gasteiger charge is -2.28. The summed E-state index contributed by atoms with van der Waals surface area (Å²) < 4.78 is 58.7. The minimum Gasteiger partial charge on any atom is -0.478 e. The van der Waals surface area contributed by atoms with Crippen LogP contribution in [0.5, 0.6) is 5.75 Å². The fourth-order valence-corrected chi connectivity index (χ4v) is 7.53. The third-order valence-corrected chi connectivity index (χ3v) is 10.2. The predicted molar refractivity (Wildman–Crippen MR) is 158 cm³/mol. The number of aliphatic hydroxyl groups is 1. The van der Waals surface area contributed by atoms with E-state index < -0.39 is 88.4 Å². The lowest BCUT2D eigenvalue weighted by atomic mass is 9.96. The van der Waals surface area contributed by atoms with Crippen LogP contribution in [0.3, 0.4) is 0 Å². The Hall–Kier alpha value is -3.05. The number of aliphatic hydroxyl groups excluding tert-OH is 1. The largest absolute Gasteiger partial charge is 0.490 e. The summed E-state index contributed by atoms with van der Waals surface area (Å²) in [7, 11) is -17.0. The van der Waals surface area contributed by atoms with E-state index in [0.29, 0.717) is 5.56 Å². The fraction of sp³-hybridized carbons (Fsp3) is 0.478. The molecule has 1 aliphatic rings. The van der Waals surface area contributed by atoms with Gasteiger partial charge in [-0.1, -0.05) is 25.7 Å². The summed E-state index contributed by atoms with van der Waals surface area (Å²) in [4.78, 5) is 75.2. The molecule has 3 rings (SSSR count). The van der Waals surface area contributed by atoms with Gasteiger partial charge in [0.15, 0.2) is 0 Å². The molecule has 1 fully saturated rings. The molecular formula is C23H31N4O17P3. The number of ether oxygens (including phenoxy) is 2. The van der Waals surface area contributed by atoms with Crippen molar-refractivity contribution in [3.63, 3.8) is 0 Å². The van der Waals surface area contributed by atoms with Gasteiger partial charge in [0.1, 0.15) is 17.9 Å². The zero-order valence-electron chi connectivity index (χ0n) is 24.7. The average molecular weight is 728 g/mol. The summed E-state index contributed by atoms with van der Waals surface area (Å²) in [5, 5.41) is 22.5. The maximum absolute atomic E-state index is 12.8. The summed E-state index contributed by atoms with van der Waals surface area (Å²) >= 11 is 0. The van der Waals surface area contributed by atoms with Crippen LogP contribution in [0.15, 0.2) is 34.0 Å². The van der Waals surface area contributed by atoms with Crippen molar-refractivity contribution in [1.82, 2.24) is 9.55 Å². The van der Waals surface area contributed by atoms with Crippen LogP contribution in [0.25, 0.3) is 0 Å². The molecule has 2 unspecified atom stereocenters. The predicted octanol–water partition coefficient (Wildman–Crippen LogP) is 0.697. The molecule has 0 radical (unpaired) electrons. The second-order valence-corrected chi connectivity index (χ2v) is 14.9. The zero-order valence-corrected chi connectivity index (χ0v) is 27.4. The van der Waals surface area contributed by atoms with Gasteiger partial charge in [0, 0.05) is 18.1 Å². The molecule has 260 valence electrons. The molecule has 21 nitrogen and oxygen atoms in total. The van der Waals surface area contributed by atoms with Crippen molar-refractivity contribution in [2.45, 2.75) is 51.2 Å². The fourth-order valence-electron chi connectivity index (χ4n) is 4.50. The number of hydrogen-bond acceptors (Lipinski definition) is 14. The number of phosphoric acid groups is 3. The van der Waals surface area contributed by atoms with E-state index >= 15 is 0 Å². The maximum Gasteiger partial charge on any atom is 0.490 e. The van der Waals surface area contributed by atoms with Crippen molar-refractivity contribution < 1.29 is 65.9 Å². The van der Waals surface area contributed by atoms with Gasteiger partial charge in [-0.25, -0.2) is 18.5 Å². The molecule has 2 heterocycles. The molecule has 6 atom stereocenters. The van der Waals surface area contributed by atoms with Crippen LogP contribution < -0.4 is 21.7 Å². The number of rotatable bonds is 13. The van der Waals surface area contributed by atoms with Crippen LogP contribution >= 0.6 is 23.5 Å². The zero-order chi connectivity index (χ0) is 35.5. The molecule has 1 saturated heterocycles. The van der Waals surface area contributed by atoms with Gasteiger partial charge in [-0.2, -0.15) is 8.62 Å². The first-order chi connectivity index (χ1) is 21.6. The molecule has 0 saturated carbocycles. The summed E-state index contributed by atoms with van der Waals surface area (Å²) in [6, 6.07) is 4.14. The first kappa shape index (κ1) is 38.4. The van der Waals surface area contributed by atoms with Gasteiger partial charge in [0.25, 0.3) is 11.2 Å². The molecule has 1 aromatic carbocycles. The third kappa shape index (κ3) is 10.2. The van der Waals surface area contributed by atoms with Crippen LogP contribution in [-0.2, 0) is 37.3 Å². The standard InChI is InChI=1S/C23H31N4O17P3/c1-13(2)20(15-7-6-14(5-4-8-24)9-16(15)27(31)32)41-18-11-26(22(30)25-21(18)29)23(3)10-17(28)19(42-23)12-40-46(36,37)44-47(38,39)43-45(33,34)35/h6-7,9,11,13,17,19-20,28H,8,10,12,24H2,1-3H3,(H,36,37)(H,38,39)(H,25,29,30)(H2,33,34,35)/t17-,19+,20+,23+/m0/s1. The highest BCUT2D eigenvalue weighted by molar-refractivity contribution is 7.66. The molecule has 1 aliphatic heterocycles. The summed E-state index contributed by atoms with van der Waals surface area (Å²) in [5.74, 6) is 4.35. The third-order valence-electron chi connectivity index (χ3n) is 6.39. The number of nitrogens with zero attached hydrogens (tertiary/aromatic N) is 2. The lowest BCUT2D eigenvalue weighted by Crippen LogP contribution is -2.42. The minimum absolute atomic E-state index is 0.0278. The number of nitro benzene ring substituents is 1. The Kier molecular flexibility index (Phi) is 11.9. The Labute approximate surface area is 264 Å². The number of nitro groups is 1. The minimum atomic E-state index is -5.81. The number of phosphoric ester groups is 1. The van der Waals surface area contributed by atoms with E-state index in [-0.39, 0.29) is 17.8 Å². The van der Waals surface area contributed by atoms with Gasteiger partial charge < -0.3 is 39.9 Å². The van der Waals surface area contributed by atoms with E-state index in [2.05, 4.69) is 25.0 Å². The average Bonchev–Trinajstić information content (AvgIpc) is 3.21. The van der Waals surface area contributed by atoms with Crippen molar-refractivity contribution in [2.24, 2.45) is 11.7 Å². The van der Waals surface area contributed by atoms with Crippen molar-refractivity contribution in [3.8, 4) is 17.6 Å². The Morgan fingerprint density at radius 3 is 2.43 bits per heavy atom. The lowest BCUT2D eigenvalue weighted by molar-refractivity contribution is -0.386. The van der Waals surface area contributed by atoms with Gasteiger partial charge in [0.2, 0.25) is 5.75 Å². The number of hydrogen-bond donors (Lipinski definition) is 7. The molecule has 0 spiro atoms. The number of nitrogens with one attached hydrogen (secondary N) is 1. The smallest absolute Gasteiger partial charge is 0.478 e. The normalized spacial score (nSPS) is 22.9. The van der Waals surface area contributed by atoms with E-state index in [4.69, 9.17) is 25.0 Å². The van der Waals surface area contributed by atoms with Crippen LogP contribution in [0.1, 0.15) is 44.4 Å². The van der Waals surface area contributed by atoms with Crippen molar-refractivity contribution in [3.05, 3.63) is 66.5 Å². The second kappa shape index (κ2) is 14.6. The number of H-pyrrole nitrogens is 1. The first-order valence-corrected chi connectivity index (χ1v) is 17.7. The number of aromatic nitrogens is 2. The quantitative estimate of drug-likeness (QED) is 0.0646. The molecule has 0 bridgehead atoms. The van der Waals surface area contributed by atoms with Crippen molar-refractivity contribution >= 4 is 29.2 Å². The number of aromatic amines is 1. The second-order valence-electron chi connectivity index (χ2n) is 10.4. The summed E-state index contributed by atoms with van der Waals surface area (Å²) in [6.45, 7) is 3.63. The van der Waals surface area contributed by atoms with Gasteiger partial charge in [0.05, 0.1) is 35.9 Å². The van der Waals surface area contributed by atoms with Crippen molar-refractivity contribution in [1.29, 1.82) is 0 Å². The van der Waals surface area contributed by atoms with Gasteiger partial charge >= 0.3 is 29.2 Å². The van der Waals surface area contributed by atoms with E-state index in [1.54, 1.807) is 13.8 Å². The maximum atomic E-state index is 12.8. The molecule has 8 N–H and O–H groups in total. The highest BCUT2D eigenvalue weighted by Crippen LogP contribution is 2.66. The Morgan fingerprint density at radius 1 is 1.19 bits per heavy atom. The van der Waals surface area contributed by atoms with Crippen molar-refractivity contribution in [2.75, 3.05) is 13.2 Å². The summed E-state index contributed by atoms with van der Waals surface area (Å²) in [5.41, 5.74) is 1.58. The Morgan fingerprint density at radius 2 is 1.85 bits per heavy atom. The van der Waals surface area contributed by atoms with E-state index in [0.717, 1.165) is 10.8 Å². The van der Waals surface area contributed by atoms with Crippen LogP contribution in [0.2, 0.25) is 0 Å². The molecule has 47 heavy (non-hydrogen) atoms. The van der Waals surface area contributed by atoms with Crippen LogP contribution in [0.4, 0.5) is 5.69 Å². The number of nitrogens with two attached hydrogens (primary N) is 1. The Balaban J connectivity index is 1.88. The summed E-state index contributed by atoms with van der Waals surface area (Å²) in [6.07, 6.45) is -3.59. The van der Waals surface area contributed by atoms with Gasteiger partial charge in [-0.3, -0.25) is 29.0 Å². The molecule has 1 aromatic heterocycles. The van der Waals surface area contributed by atoms with Crippen LogP contribution in [0, 0.1) is 27.9 Å². The monoisotopic (exact) mass is 728 g/mol.